The molecule has 1 aromatic carbocycles. The minimum absolute atomic E-state index is 0.146. The van der Waals surface area contributed by atoms with E-state index in [0.29, 0.717) is 23.2 Å². The Morgan fingerprint density at radius 3 is 2.87 bits per heavy atom. The lowest BCUT2D eigenvalue weighted by molar-refractivity contribution is -0.147. The number of ether oxygens (including phenoxy) is 2. The predicted molar refractivity (Wildman–Crippen MR) is 93.0 cm³/mol. The van der Waals surface area contributed by atoms with Gasteiger partial charge in [0.25, 0.3) is 0 Å². The fourth-order valence-electron chi connectivity index (χ4n) is 2.48. The van der Waals surface area contributed by atoms with Gasteiger partial charge < -0.3 is 20.1 Å². The highest BCUT2D eigenvalue weighted by Crippen LogP contribution is 2.35. The lowest BCUT2D eigenvalue weighted by atomic mass is 9.88. The van der Waals surface area contributed by atoms with Crippen molar-refractivity contribution in [1.82, 2.24) is 10.6 Å². The molecule has 1 fully saturated rings. The maximum Gasteiger partial charge on any atom is 0.317 e. The molecule has 0 saturated carbocycles. The maximum absolute atomic E-state index is 12.4. The number of carbonyl (C=O) groups excluding carboxylic acids is 1. The Balaban J connectivity index is 2.38. The van der Waals surface area contributed by atoms with Gasteiger partial charge in [-0.1, -0.05) is 37.4 Å². The minimum atomic E-state index is -0.622. The molecular weight excluding hydrogens is 312 g/mol. The van der Waals surface area contributed by atoms with E-state index in [2.05, 4.69) is 23.8 Å². The topological polar surface area (TPSA) is 59.6 Å². The monoisotopic (exact) mass is 332 g/mol. The number of benzene rings is 1. The Hall–Kier alpha value is -2.34. The van der Waals surface area contributed by atoms with Crippen LogP contribution in [-0.2, 0) is 9.53 Å². The van der Waals surface area contributed by atoms with Gasteiger partial charge in [-0.3, -0.25) is 4.79 Å². The summed E-state index contributed by atoms with van der Waals surface area (Å²) in [5.41, 5.74) is 1.33. The van der Waals surface area contributed by atoms with Crippen molar-refractivity contribution in [2.75, 3.05) is 13.2 Å². The summed E-state index contributed by atoms with van der Waals surface area (Å²) in [6.45, 7) is 10.1. The van der Waals surface area contributed by atoms with Crippen LogP contribution < -0.4 is 15.4 Å². The quantitative estimate of drug-likeness (QED) is 0.474. The summed E-state index contributed by atoms with van der Waals surface area (Å²) in [6.07, 6.45) is 1.53. The van der Waals surface area contributed by atoms with Crippen LogP contribution in [0, 0.1) is 5.92 Å². The fraction of sp³-hybridized carbons (Fsp3) is 0.294. The van der Waals surface area contributed by atoms with E-state index in [-0.39, 0.29) is 6.61 Å². The van der Waals surface area contributed by atoms with Crippen molar-refractivity contribution in [3.63, 3.8) is 0 Å². The van der Waals surface area contributed by atoms with Crippen LogP contribution in [0.25, 0.3) is 0 Å². The van der Waals surface area contributed by atoms with Gasteiger partial charge >= 0.3 is 5.97 Å². The van der Waals surface area contributed by atoms with Crippen molar-refractivity contribution in [3.8, 4) is 5.75 Å². The number of nitrogens with one attached hydrogen (secondary N) is 2. The molecule has 5 nitrogen and oxygen atoms in total. The Morgan fingerprint density at radius 2 is 2.17 bits per heavy atom. The molecule has 2 N–H and O–H groups in total. The Bertz CT molecular complexity index is 630. The summed E-state index contributed by atoms with van der Waals surface area (Å²) in [4.78, 5) is 12.4. The second kappa shape index (κ2) is 7.78. The van der Waals surface area contributed by atoms with Crippen LogP contribution in [-0.4, -0.2) is 24.3 Å². The molecule has 0 radical (unpaired) electrons. The van der Waals surface area contributed by atoms with Gasteiger partial charge in [-0.2, -0.15) is 0 Å². The molecule has 0 bridgehead atoms. The van der Waals surface area contributed by atoms with Crippen LogP contribution in [0.1, 0.15) is 18.5 Å². The molecule has 122 valence electrons. The van der Waals surface area contributed by atoms with E-state index in [1.165, 1.54) is 6.08 Å². The molecule has 2 rings (SSSR count). The Morgan fingerprint density at radius 1 is 1.43 bits per heavy atom. The SMILES string of the molecule is C=CCOC(=O)[C@H]1C(=C)NC(=S)N[C@H]1c1ccccc1OCC. The second-order valence-electron chi connectivity index (χ2n) is 4.97. The molecule has 1 heterocycles. The molecule has 1 aromatic rings. The van der Waals surface area contributed by atoms with E-state index in [0.717, 1.165) is 5.56 Å². The summed E-state index contributed by atoms with van der Waals surface area (Å²) in [6, 6.07) is 7.13. The summed E-state index contributed by atoms with van der Waals surface area (Å²) >= 11 is 5.20. The predicted octanol–water partition coefficient (Wildman–Crippen LogP) is 2.46. The lowest BCUT2D eigenvalue weighted by Gasteiger charge is -2.35. The second-order valence-corrected chi connectivity index (χ2v) is 5.38. The third-order valence-corrected chi connectivity index (χ3v) is 3.64. The Kier molecular flexibility index (Phi) is 5.76. The van der Waals surface area contributed by atoms with Crippen molar-refractivity contribution in [2.45, 2.75) is 13.0 Å². The van der Waals surface area contributed by atoms with Crippen molar-refractivity contribution < 1.29 is 14.3 Å². The van der Waals surface area contributed by atoms with Crippen LogP contribution >= 0.6 is 12.2 Å². The highest BCUT2D eigenvalue weighted by molar-refractivity contribution is 7.80. The molecule has 0 amide bonds. The molecule has 0 unspecified atom stereocenters. The molecule has 0 aromatic heterocycles. The lowest BCUT2D eigenvalue weighted by Crippen LogP contribution is -2.51. The molecule has 0 aliphatic carbocycles. The average Bonchev–Trinajstić information content (AvgIpc) is 2.52. The summed E-state index contributed by atoms with van der Waals surface area (Å²) in [5, 5.41) is 6.43. The van der Waals surface area contributed by atoms with Gasteiger partial charge in [0.2, 0.25) is 0 Å². The van der Waals surface area contributed by atoms with Crippen molar-refractivity contribution in [2.24, 2.45) is 5.92 Å². The van der Waals surface area contributed by atoms with Gasteiger partial charge in [-0.25, -0.2) is 0 Å². The molecule has 0 spiro atoms. The first-order valence-electron chi connectivity index (χ1n) is 7.34. The zero-order chi connectivity index (χ0) is 16.8. The largest absolute Gasteiger partial charge is 0.494 e. The minimum Gasteiger partial charge on any atom is -0.494 e. The van der Waals surface area contributed by atoms with Crippen molar-refractivity contribution in [1.29, 1.82) is 0 Å². The maximum atomic E-state index is 12.4. The summed E-state index contributed by atoms with van der Waals surface area (Å²) in [5.74, 6) is -0.316. The average molecular weight is 332 g/mol. The van der Waals surface area contributed by atoms with E-state index >= 15 is 0 Å². The van der Waals surface area contributed by atoms with E-state index in [1.54, 1.807) is 0 Å². The number of para-hydroxylation sites is 1. The van der Waals surface area contributed by atoms with Crippen LogP contribution in [0.15, 0.2) is 49.2 Å². The number of hydrogen-bond acceptors (Lipinski definition) is 4. The van der Waals surface area contributed by atoms with Gasteiger partial charge in [0.15, 0.2) is 5.11 Å². The van der Waals surface area contributed by atoms with Crippen LogP contribution in [0.4, 0.5) is 0 Å². The summed E-state index contributed by atoms with van der Waals surface area (Å²) < 4.78 is 10.9. The first-order chi connectivity index (χ1) is 11.1. The van der Waals surface area contributed by atoms with Crippen molar-refractivity contribution in [3.05, 3.63) is 54.8 Å². The van der Waals surface area contributed by atoms with E-state index in [9.17, 15) is 4.79 Å². The summed E-state index contributed by atoms with van der Waals surface area (Å²) in [7, 11) is 0. The van der Waals surface area contributed by atoms with Crippen molar-refractivity contribution >= 4 is 23.3 Å². The standard InChI is InChI=1S/C17H20N2O3S/c1-4-10-22-16(20)14-11(3)18-17(23)19-15(14)12-8-6-7-9-13(12)21-5-2/h4,6-9,14-15H,1,3,5,10H2,2H3,(H2,18,19,23)/t14-,15-/m0/s1. The van der Waals surface area contributed by atoms with Gasteiger partial charge in [-0.05, 0) is 25.2 Å². The number of hydrogen-bond donors (Lipinski definition) is 2. The van der Waals surface area contributed by atoms with Gasteiger partial charge in [0.1, 0.15) is 18.3 Å². The molecule has 1 aliphatic rings. The molecule has 1 saturated heterocycles. The van der Waals surface area contributed by atoms with E-state index < -0.39 is 17.9 Å². The van der Waals surface area contributed by atoms with Crippen LogP contribution in [0.3, 0.4) is 0 Å². The fourth-order valence-corrected chi connectivity index (χ4v) is 2.73. The molecule has 2 atom stereocenters. The zero-order valence-corrected chi connectivity index (χ0v) is 13.8. The van der Waals surface area contributed by atoms with Crippen LogP contribution in [0.5, 0.6) is 5.75 Å². The third-order valence-electron chi connectivity index (χ3n) is 3.42. The van der Waals surface area contributed by atoms with E-state index in [1.807, 2.05) is 31.2 Å². The normalized spacial score (nSPS) is 20.2. The highest BCUT2D eigenvalue weighted by Gasteiger charge is 2.38. The number of esters is 1. The van der Waals surface area contributed by atoms with Gasteiger partial charge in [0.05, 0.1) is 12.6 Å². The van der Waals surface area contributed by atoms with Crippen LogP contribution in [0.2, 0.25) is 0 Å². The van der Waals surface area contributed by atoms with Gasteiger partial charge in [-0.15, -0.1) is 0 Å². The number of carbonyl (C=O) groups is 1. The first-order valence-corrected chi connectivity index (χ1v) is 7.74. The smallest absolute Gasteiger partial charge is 0.317 e. The van der Waals surface area contributed by atoms with Gasteiger partial charge in [0, 0.05) is 11.3 Å². The zero-order valence-electron chi connectivity index (χ0n) is 13.0. The molecule has 1 aliphatic heterocycles. The molecule has 23 heavy (non-hydrogen) atoms. The highest BCUT2D eigenvalue weighted by atomic mass is 32.1. The number of rotatable bonds is 6. The first kappa shape index (κ1) is 17.0. The molecular formula is C17H20N2O3S. The number of thiocarbonyl (C=S) groups is 1. The van der Waals surface area contributed by atoms with E-state index in [4.69, 9.17) is 21.7 Å². The molecule has 6 heteroatoms. The third kappa shape index (κ3) is 3.90. The Labute approximate surface area is 141 Å².